The van der Waals surface area contributed by atoms with Crippen molar-refractivity contribution < 1.29 is 19.1 Å². The van der Waals surface area contributed by atoms with Gasteiger partial charge in [0, 0.05) is 11.9 Å². The first-order chi connectivity index (χ1) is 14.8. The lowest BCUT2D eigenvalue weighted by Crippen LogP contribution is -2.16. The number of nitrogens with zero attached hydrogens (tertiary/aromatic N) is 3. The number of ether oxygens (including phenoxy) is 2. The molecule has 3 aromatic rings. The first kappa shape index (κ1) is 22.8. The number of hydrogen-bond donors (Lipinski definition) is 1. The summed E-state index contributed by atoms with van der Waals surface area (Å²) in [6.45, 7) is 6.19. The molecule has 0 aliphatic heterocycles. The van der Waals surface area contributed by atoms with Gasteiger partial charge in [-0.05, 0) is 44.0 Å². The standard InChI is InChI=1S/C21H24N4O4S2/c1-12-7-6-8-16(14(12)3)29-10-17-23-24-21(25(17)4)30-11-18(26)22-19-15(20(27)28-5)9-13(2)31-19/h6-9H,10-11H2,1-5H3,(H,22,26). The van der Waals surface area contributed by atoms with E-state index >= 15 is 0 Å². The van der Waals surface area contributed by atoms with Crippen LogP contribution >= 0.6 is 23.1 Å². The second kappa shape index (κ2) is 9.97. The van der Waals surface area contributed by atoms with Gasteiger partial charge in [0.1, 0.15) is 17.4 Å². The molecule has 0 radical (unpaired) electrons. The number of aryl methyl sites for hydroxylation is 2. The molecule has 2 heterocycles. The summed E-state index contributed by atoms with van der Waals surface area (Å²) in [6, 6.07) is 7.61. The van der Waals surface area contributed by atoms with E-state index in [1.807, 2.05) is 46.0 Å². The van der Waals surface area contributed by atoms with Gasteiger partial charge in [0.15, 0.2) is 11.0 Å². The Balaban J connectivity index is 1.58. The molecular weight excluding hydrogens is 436 g/mol. The number of carbonyl (C=O) groups is 2. The number of thiophene rings is 1. The smallest absolute Gasteiger partial charge is 0.340 e. The highest BCUT2D eigenvalue weighted by molar-refractivity contribution is 7.99. The zero-order valence-electron chi connectivity index (χ0n) is 18.0. The predicted molar refractivity (Wildman–Crippen MR) is 121 cm³/mol. The van der Waals surface area contributed by atoms with Crippen molar-refractivity contribution >= 4 is 40.0 Å². The maximum atomic E-state index is 12.4. The lowest BCUT2D eigenvalue weighted by molar-refractivity contribution is -0.113. The van der Waals surface area contributed by atoms with Gasteiger partial charge >= 0.3 is 5.97 Å². The molecule has 0 aliphatic rings. The summed E-state index contributed by atoms with van der Waals surface area (Å²) in [5, 5.41) is 12.2. The van der Waals surface area contributed by atoms with E-state index in [1.165, 1.54) is 30.2 Å². The highest BCUT2D eigenvalue weighted by Gasteiger charge is 2.18. The highest BCUT2D eigenvalue weighted by Crippen LogP contribution is 2.29. The van der Waals surface area contributed by atoms with Gasteiger partial charge in [0.05, 0.1) is 18.4 Å². The molecule has 8 nitrogen and oxygen atoms in total. The molecule has 1 aromatic carbocycles. The molecule has 1 N–H and O–H groups in total. The summed E-state index contributed by atoms with van der Waals surface area (Å²) in [5.41, 5.74) is 2.60. The van der Waals surface area contributed by atoms with Crippen LogP contribution in [-0.2, 0) is 23.2 Å². The average Bonchev–Trinajstić information content (AvgIpc) is 3.28. The number of anilines is 1. The summed E-state index contributed by atoms with van der Waals surface area (Å²) in [6.07, 6.45) is 0. The number of methoxy groups -OCH3 is 1. The molecule has 10 heteroatoms. The minimum absolute atomic E-state index is 0.126. The second-order valence-electron chi connectivity index (χ2n) is 6.87. The van der Waals surface area contributed by atoms with Crippen molar-refractivity contribution in [2.75, 3.05) is 18.2 Å². The molecule has 0 spiro atoms. The van der Waals surface area contributed by atoms with Crippen LogP contribution in [0.3, 0.4) is 0 Å². The molecule has 0 atom stereocenters. The first-order valence-electron chi connectivity index (χ1n) is 9.48. The highest BCUT2D eigenvalue weighted by atomic mass is 32.2. The van der Waals surface area contributed by atoms with E-state index < -0.39 is 5.97 Å². The van der Waals surface area contributed by atoms with E-state index in [-0.39, 0.29) is 18.3 Å². The zero-order valence-corrected chi connectivity index (χ0v) is 19.6. The van der Waals surface area contributed by atoms with Gasteiger partial charge < -0.3 is 19.4 Å². The van der Waals surface area contributed by atoms with Crippen LogP contribution in [0.1, 0.15) is 32.2 Å². The topological polar surface area (TPSA) is 95.3 Å². The van der Waals surface area contributed by atoms with Crippen LogP contribution in [0.5, 0.6) is 5.75 Å². The van der Waals surface area contributed by atoms with Gasteiger partial charge in [-0.1, -0.05) is 23.9 Å². The molecule has 1 amide bonds. The molecule has 0 saturated heterocycles. The van der Waals surface area contributed by atoms with E-state index in [2.05, 4.69) is 15.5 Å². The van der Waals surface area contributed by atoms with Gasteiger partial charge in [-0.15, -0.1) is 21.5 Å². The van der Waals surface area contributed by atoms with Gasteiger partial charge in [0.25, 0.3) is 0 Å². The second-order valence-corrected chi connectivity index (χ2v) is 9.07. The predicted octanol–water partition coefficient (Wildman–Crippen LogP) is 3.90. The number of carbonyl (C=O) groups excluding carboxylic acids is 2. The van der Waals surface area contributed by atoms with E-state index in [4.69, 9.17) is 9.47 Å². The molecule has 0 fully saturated rings. The minimum atomic E-state index is -0.478. The van der Waals surface area contributed by atoms with Crippen molar-refractivity contribution in [3.63, 3.8) is 0 Å². The van der Waals surface area contributed by atoms with Crippen LogP contribution in [0.25, 0.3) is 0 Å². The number of amides is 1. The Morgan fingerprint density at radius 1 is 1.23 bits per heavy atom. The Bertz CT molecular complexity index is 1110. The third-order valence-corrected chi connectivity index (χ3v) is 6.67. The quantitative estimate of drug-likeness (QED) is 0.402. The number of esters is 1. The van der Waals surface area contributed by atoms with Crippen LogP contribution in [-0.4, -0.2) is 39.5 Å². The summed E-state index contributed by atoms with van der Waals surface area (Å²) in [5.74, 6) is 0.874. The summed E-state index contributed by atoms with van der Waals surface area (Å²) >= 11 is 2.59. The molecule has 2 aromatic heterocycles. The Labute approximate surface area is 189 Å². The molecule has 164 valence electrons. The van der Waals surface area contributed by atoms with Crippen molar-refractivity contribution in [2.45, 2.75) is 32.5 Å². The molecule has 0 aliphatic carbocycles. The van der Waals surface area contributed by atoms with Crippen molar-refractivity contribution in [3.05, 3.63) is 51.7 Å². The Kier molecular flexibility index (Phi) is 7.34. The largest absolute Gasteiger partial charge is 0.485 e. The molecule has 0 saturated carbocycles. The lowest BCUT2D eigenvalue weighted by Gasteiger charge is -2.10. The van der Waals surface area contributed by atoms with Crippen LogP contribution < -0.4 is 10.1 Å². The Hall–Kier alpha value is -2.85. The Morgan fingerprint density at radius 3 is 2.74 bits per heavy atom. The molecule has 31 heavy (non-hydrogen) atoms. The summed E-state index contributed by atoms with van der Waals surface area (Å²) in [7, 11) is 3.15. The fourth-order valence-corrected chi connectivity index (χ4v) is 4.43. The van der Waals surface area contributed by atoms with Gasteiger partial charge in [-0.25, -0.2) is 4.79 Å². The van der Waals surface area contributed by atoms with Crippen molar-refractivity contribution in [1.82, 2.24) is 14.8 Å². The maximum absolute atomic E-state index is 12.4. The number of thioether (sulfide) groups is 1. The first-order valence-corrected chi connectivity index (χ1v) is 11.3. The van der Waals surface area contributed by atoms with Crippen LogP contribution in [0.4, 0.5) is 5.00 Å². The number of hydrogen-bond acceptors (Lipinski definition) is 8. The lowest BCUT2D eigenvalue weighted by atomic mass is 10.1. The van der Waals surface area contributed by atoms with Crippen molar-refractivity contribution in [3.8, 4) is 5.75 Å². The molecular formula is C21H24N4O4S2. The number of benzene rings is 1. The molecule has 3 rings (SSSR count). The molecule has 0 unspecified atom stereocenters. The third-order valence-electron chi connectivity index (χ3n) is 4.68. The van der Waals surface area contributed by atoms with Crippen LogP contribution in [0.2, 0.25) is 0 Å². The van der Waals surface area contributed by atoms with E-state index in [0.717, 1.165) is 21.8 Å². The zero-order chi connectivity index (χ0) is 22.5. The van der Waals surface area contributed by atoms with Crippen LogP contribution in [0, 0.1) is 20.8 Å². The van der Waals surface area contributed by atoms with Gasteiger partial charge in [0.2, 0.25) is 5.91 Å². The maximum Gasteiger partial charge on any atom is 0.340 e. The average molecular weight is 461 g/mol. The van der Waals surface area contributed by atoms with E-state index in [9.17, 15) is 9.59 Å². The van der Waals surface area contributed by atoms with Crippen molar-refractivity contribution in [2.24, 2.45) is 7.05 Å². The number of aromatic nitrogens is 3. The summed E-state index contributed by atoms with van der Waals surface area (Å²) < 4.78 is 12.5. The van der Waals surface area contributed by atoms with E-state index in [1.54, 1.807) is 10.6 Å². The third kappa shape index (κ3) is 5.45. The van der Waals surface area contributed by atoms with E-state index in [0.29, 0.717) is 21.5 Å². The van der Waals surface area contributed by atoms with Gasteiger partial charge in [-0.2, -0.15) is 0 Å². The SMILES string of the molecule is COC(=O)c1cc(C)sc1NC(=O)CSc1nnc(COc2cccc(C)c2C)n1C. The fraction of sp³-hybridized carbons (Fsp3) is 0.333. The van der Waals surface area contributed by atoms with Gasteiger partial charge in [-0.3, -0.25) is 4.79 Å². The Morgan fingerprint density at radius 2 is 2.00 bits per heavy atom. The fourth-order valence-electron chi connectivity index (χ4n) is 2.78. The number of nitrogens with one attached hydrogen (secondary N) is 1. The minimum Gasteiger partial charge on any atom is -0.485 e. The van der Waals surface area contributed by atoms with Crippen molar-refractivity contribution in [1.29, 1.82) is 0 Å². The number of rotatable bonds is 8. The monoisotopic (exact) mass is 460 g/mol. The molecule has 0 bridgehead atoms. The van der Waals surface area contributed by atoms with Crippen LogP contribution in [0.15, 0.2) is 29.4 Å². The summed E-state index contributed by atoms with van der Waals surface area (Å²) in [4.78, 5) is 25.2. The normalized spacial score (nSPS) is 10.7.